The molecule has 0 saturated heterocycles. The molecule has 1 rings (SSSR count). The number of hydrogen-bond donors (Lipinski definition) is 1. The average molecular weight is 303 g/mol. The van der Waals surface area contributed by atoms with Crippen molar-refractivity contribution in [2.24, 2.45) is 0 Å². The zero-order valence-electron chi connectivity index (χ0n) is 12.4. The summed E-state index contributed by atoms with van der Waals surface area (Å²) in [4.78, 5) is 11.7. The van der Waals surface area contributed by atoms with E-state index in [0.29, 0.717) is 12.1 Å². The Morgan fingerprint density at radius 2 is 1.86 bits per heavy atom. The SMILES string of the molecule is CCNC(C)(CC(=O)OCC)c1cccc(C(F)(F)F)c1. The Hall–Kier alpha value is -1.56. The number of rotatable bonds is 6. The van der Waals surface area contributed by atoms with E-state index in [1.165, 1.54) is 6.07 Å². The topological polar surface area (TPSA) is 38.3 Å². The van der Waals surface area contributed by atoms with E-state index in [2.05, 4.69) is 5.32 Å². The number of halogens is 3. The summed E-state index contributed by atoms with van der Waals surface area (Å²) in [6, 6.07) is 5.01. The van der Waals surface area contributed by atoms with Gasteiger partial charge in [-0.3, -0.25) is 4.79 Å². The minimum absolute atomic E-state index is 0.0318. The van der Waals surface area contributed by atoms with Crippen LogP contribution in [0.5, 0.6) is 0 Å². The Morgan fingerprint density at radius 3 is 2.38 bits per heavy atom. The monoisotopic (exact) mass is 303 g/mol. The molecule has 0 aliphatic heterocycles. The third-order valence-corrected chi connectivity index (χ3v) is 3.20. The second kappa shape index (κ2) is 6.93. The number of esters is 1. The second-order valence-electron chi connectivity index (χ2n) is 4.92. The zero-order chi connectivity index (χ0) is 16.1. The minimum atomic E-state index is -4.41. The van der Waals surface area contributed by atoms with Crippen molar-refractivity contribution in [2.75, 3.05) is 13.2 Å². The summed E-state index contributed by atoms with van der Waals surface area (Å²) in [6.45, 7) is 5.97. The molecule has 0 radical (unpaired) electrons. The number of nitrogens with one attached hydrogen (secondary N) is 1. The lowest BCUT2D eigenvalue weighted by Crippen LogP contribution is -2.41. The van der Waals surface area contributed by atoms with E-state index >= 15 is 0 Å². The number of hydrogen-bond acceptors (Lipinski definition) is 3. The highest BCUT2D eigenvalue weighted by Gasteiger charge is 2.34. The lowest BCUT2D eigenvalue weighted by molar-refractivity contribution is -0.144. The van der Waals surface area contributed by atoms with Crippen molar-refractivity contribution in [1.29, 1.82) is 0 Å². The molecule has 0 heterocycles. The Balaban J connectivity index is 3.12. The molecular formula is C15H20F3NO2. The quantitative estimate of drug-likeness (QED) is 0.818. The third kappa shape index (κ3) is 4.74. The lowest BCUT2D eigenvalue weighted by atomic mass is 9.87. The molecule has 0 aromatic heterocycles. The van der Waals surface area contributed by atoms with Crippen molar-refractivity contribution in [3.8, 4) is 0 Å². The molecule has 0 amide bonds. The number of alkyl halides is 3. The number of carbonyl (C=O) groups excluding carboxylic acids is 1. The molecule has 21 heavy (non-hydrogen) atoms. The molecule has 0 bridgehead atoms. The van der Waals surface area contributed by atoms with Crippen LogP contribution in [0.2, 0.25) is 0 Å². The van der Waals surface area contributed by atoms with Gasteiger partial charge in [0, 0.05) is 0 Å². The summed E-state index contributed by atoms with van der Waals surface area (Å²) in [7, 11) is 0. The second-order valence-corrected chi connectivity index (χ2v) is 4.92. The van der Waals surface area contributed by atoms with Crippen LogP contribution in [0.4, 0.5) is 13.2 Å². The third-order valence-electron chi connectivity index (χ3n) is 3.20. The van der Waals surface area contributed by atoms with Gasteiger partial charge in [-0.15, -0.1) is 0 Å². The molecule has 3 nitrogen and oxygen atoms in total. The Morgan fingerprint density at radius 1 is 1.24 bits per heavy atom. The van der Waals surface area contributed by atoms with Crippen LogP contribution in [0, 0.1) is 0 Å². The first-order chi connectivity index (χ1) is 9.73. The van der Waals surface area contributed by atoms with E-state index in [9.17, 15) is 18.0 Å². The van der Waals surface area contributed by atoms with Crippen LogP contribution in [0.3, 0.4) is 0 Å². The maximum absolute atomic E-state index is 12.8. The van der Waals surface area contributed by atoms with E-state index in [1.54, 1.807) is 19.9 Å². The van der Waals surface area contributed by atoms with Crippen molar-refractivity contribution >= 4 is 5.97 Å². The standard InChI is InChI=1S/C15H20F3NO2/c1-4-19-14(3,10-13(20)21-5-2)11-7-6-8-12(9-11)15(16,17)18/h6-9,19H,4-5,10H2,1-3H3. The fourth-order valence-corrected chi connectivity index (χ4v) is 2.20. The molecule has 0 saturated carbocycles. The summed E-state index contributed by atoms with van der Waals surface area (Å²) >= 11 is 0. The van der Waals surface area contributed by atoms with Crippen LogP contribution in [0.1, 0.15) is 38.3 Å². The highest BCUT2D eigenvalue weighted by molar-refractivity contribution is 5.71. The van der Waals surface area contributed by atoms with Gasteiger partial charge < -0.3 is 10.1 Å². The number of ether oxygens (including phenoxy) is 1. The van der Waals surface area contributed by atoms with Gasteiger partial charge in [0.05, 0.1) is 24.1 Å². The zero-order valence-corrected chi connectivity index (χ0v) is 12.4. The Labute approximate surface area is 122 Å². The highest BCUT2D eigenvalue weighted by Crippen LogP contribution is 2.33. The van der Waals surface area contributed by atoms with Crippen LogP contribution in [0.15, 0.2) is 24.3 Å². The molecule has 118 valence electrons. The average Bonchev–Trinajstić information content (AvgIpc) is 2.38. The summed E-state index contributed by atoms with van der Waals surface area (Å²) in [5, 5.41) is 3.08. The molecule has 0 fully saturated rings. The molecule has 0 aliphatic rings. The van der Waals surface area contributed by atoms with Crippen LogP contribution in [-0.2, 0) is 21.2 Å². The molecule has 1 aromatic carbocycles. The lowest BCUT2D eigenvalue weighted by Gasteiger charge is -2.31. The number of carbonyl (C=O) groups is 1. The highest BCUT2D eigenvalue weighted by atomic mass is 19.4. The van der Waals surface area contributed by atoms with Crippen LogP contribution in [-0.4, -0.2) is 19.1 Å². The van der Waals surface area contributed by atoms with Crippen molar-refractivity contribution in [1.82, 2.24) is 5.32 Å². The molecular weight excluding hydrogens is 283 g/mol. The summed E-state index contributed by atoms with van der Waals surface area (Å²) in [5.41, 5.74) is -1.22. The van der Waals surface area contributed by atoms with E-state index in [4.69, 9.17) is 4.74 Å². The molecule has 0 spiro atoms. The van der Waals surface area contributed by atoms with Crippen LogP contribution < -0.4 is 5.32 Å². The normalized spacial score (nSPS) is 14.6. The van der Waals surface area contributed by atoms with Gasteiger partial charge in [0.15, 0.2) is 0 Å². The smallest absolute Gasteiger partial charge is 0.416 e. The van der Waals surface area contributed by atoms with Gasteiger partial charge in [0.2, 0.25) is 0 Å². The maximum Gasteiger partial charge on any atom is 0.416 e. The minimum Gasteiger partial charge on any atom is -0.466 e. The summed E-state index contributed by atoms with van der Waals surface area (Å²) < 4.78 is 43.3. The molecule has 6 heteroatoms. The van der Waals surface area contributed by atoms with Gasteiger partial charge in [0.25, 0.3) is 0 Å². The van der Waals surface area contributed by atoms with Crippen molar-refractivity contribution in [3.05, 3.63) is 35.4 Å². The van der Waals surface area contributed by atoms with Crippen molar-refractivity contribution in [3.63, 3.8) is 0 Å². The van der Waals surface area contributed by atoms with Gasteiger partial charge in [-0.1, -0.05) is 19.1 Å². The fourth-order valence-electron chi connectivity index (χ4n) is 2.20. The molecule has 1 N–H and O–H groups in total. The predicted molar refractivity (Wildman–Crippen MR) is 73.7 cm³/mol. The molecule has 0 aliphatic carbocycles. The Kier molecular flexibility index (Phi) is 5.78. The van der Waals surface area contributed by atoms with Gasteiger partial charge in [-0.05, 0) is 38.1 Å². The van der Waals surface area contributed by atoms with Crippen LogP contribution in [0.25, 0.3) is 0 Å². The van der Waals surface area contributed by atoms with Gasteiger partial charge in [-0.25, -0.2) is 0 Å². The maximum atomic E-state index is 12.8. The van der Waals surface area contributed by atoms with E-state index in [0.717, 1.165) is 12.1 Å². The summed E-state index contributed by atoms with van der Waals surface area (Å²) in [5.74, 6) is -0.446. The predicted octanol–water partition coefficient (Wildman–Crippen LogP) is 3.48. The molecule has 1 aromatic rings. The van der Waals surface area contributed by atoms with E-state index in [1.807, 2.05) is 6.92 Å². The van der Waals surface area contributed by atoms with Gasteiger partial charge in [0.1, 0.15) is 0 Å². The van der Waals surface area contributed by atoms with Crippen LogP contribution >= 0.6 is 0 Å². The largest absolute Gasteiger partial charge is 0.466 e. The molecule has 1 atom stereocenters. The summed E-state index contributed by atoms with van der Waals surface area (Å²) in [6.07, 6.45) is -4.44. The van der Waals surface area contributed by atoms with E-state index in [-0.39, 0.29) is 13.0 Å². The van der Waals surface area contributed by atoms with Gasteiger partial charge >= 0.3 is 12.1 Å². The van der Waals surface area contributed by atoms with E-state index < -0.39 is 23.2 Å². The first kappa shape index (κ1) is 17.5. The van der Waals surface area contributed by atoms with Crippen molar-refractivity contribution < 1.29 is 22.7 Å². The molecule has 1 unspecified atom stereocenters. The number of benzene rings is 1. The van der Waals surface area contributed by atoms with Crippen molar-refractivity contribution in [2.45, 2.75) is 38.9 Å². The first-order valence-electron chi connectivity index (χ1n) is 6.81. The van der Waals surface area contributed by atoms with Gasteiger partial charge in [-0.2, -0.15) is 13.2 Å². The fraction of sp³-hybridized carbons (Fsp3) is 0.533. The Bertz CT molecular complexity index is 488. The first-order valence-corrected chi connectivity index (χ1v) is 6.81.